The summed E-state index contributed by atoms with van der Waals surface area (Å²) >= 11 is 0. The first kappa shape index (κ1) is 19.2. The molecular formula is C19H35N3O2. The molecule has 0 spiro atoms. The maximum absolute atomic E-state index is 12.2. The molecule has 0 aromatic heterocycles. The van der Waals surface area contributed by atoms with E-state index in [0.29, 0.717) is 19.0 Å². The van der Waals surface area contributed by atoms with E-state index >= 15 is 0 Å². The minimum atomic E-state index is 0.152. The predicted octanol–water partition coefficient (Wildman–Crippen LogP) is 2.26. The molecule has 0 aromatic carbocycles. The molecule has 138 valence electrons. The van der Waals surface area contributed by atoms with Gasteiger partial charge in [0.2, 0.25) is 11.8 Å². The van der Waals surface area contributed by atoms with E-state index in [1.54, 1.807) is 0 Å². The number of rotatable bonds is 6. The largest absolute Gasteiger partial charge is 0.356 e. The summed E-state index contributed by atoms with van der Waals surface area (Å²) < 4.78 is 0. The Morgan fingerprint density at radius 2 is 1.67 bits per heavy atom. The Hall–Kier alpha value is -1.10. The molecule has 0 unspecified atom stereocenters. The molecular weight excluding hydrogens is 302 g/mol. The van der Waals surface area contributed by atoms with Crippen molar-refractivity contribution in [2.24, 2.45) is 11.8 Å². The van der Waals surface area contributed by atoms with Crippen molar-refractivity contribution in [2.75, 3.05) is 32.7 Å². The second kappa shape index (κ2) is 9.40. The van der Waals surface area contributed by atoms with Crippen molar-refractivity contribution >= 4 is 11.8 Å². The van der Waals surface area contributed by atoms with Crippen molar-refractivity contribution in [3.05, 3.63) is 0 Å². The molecule has 1 N–H and O–H groups in total. The predicted molar refractivity (Wildman–Crippen MR) is 96.7 cm³/mol. The Morgan fingerprint density at radius 3 is 2.25 bits per heavy atom. The normalized spacial score (nSPS) is 21.2. The van der Waals surface area contributed by atoms with Crippen LogP contribution in [0, 0.1) is 11.8 Å². The topological polar surface area (TPSA) is 52.7 Å². The first-order valence-corrected chi connectivity index (χ1v) is 9.77. The minimum absolute atomic E-state index is 0.152. The van der Waals surface area contributed by atoms with E-state index in [-0.39, 0.29) is 17.7 Å². The van der Waals surface area contributed by atoms with Crippen LogP contribution in [0.4, 0.5) is 0 Å². The van der Waals surface area contributed by atoms with E-state index < -0.39 is 0 Å². The minimum Gasteiger partial charge on any atom is -0.356 e. The SMILES string of the molecule is CC1CCN(C(=O)CCCNC(=O)C2CCN(C(C)C)CC2)CC1. The van der Waals surface area contributed by atoms with E-state index in [1.165, 1.54) is 0 Å². The Balaban J connectivity index is 1.57. The molecule has 24 heavy (non-hydrogen) atoms. The molecule has 0 atom stereocenters. The Kier molecular flexibility index (Phi) is 7.53. The van der Waals surface area contributed by atoms with Crippen molar-refractivity contribution in [1.29, 1.82) is 0 Å². The summed E-state index contributed by atoms with van der Waals surface area (Å²) in [6.07, 6.45) is 5.46. The van der Waals surface area contributed by atoms with E-state index in [4.69, 9.17) is 0 Å². The summed E-state index contributed by atoms with van der Waals surface area (Å²) in [5, 5.41) is 3.03. The third kappa shape index (κ3) is 5.76. The van der Waals surface area contributed by atoms with Gasteiger partial charge in [0, 0.05) is 38.0 Å². The van der Waals surface area contributed by atoms with Crippen LogP contribution < -0.4 is 5.32 Å². The average Bonchev–Trinajstić information content (AvgIpc) is 2.59. The Labute approximate surface area is 147 Å². The van der Waals surface area contributed by atoms with Crippen LogP contribution in [-0.2, 0) is 9.59 Å². The van der Waals surface area contributed by atoms with Crippen molar-refractivity contribution in [2.45, 2.75) is 65.3 Å². The lowest BCUT2D eigenvalue weighted by atomic mass is 9.95. The van der Waals surface area contributed by atoms with Gasteiger partial charge in [-0.2, -0.15) is 0 Å². The van der Waals surface area contributed by atoms with Gasteiger partial charge in [-0.1, -0.05) is 6.92 Å². The molecule has 2 saturated heterocycles. The molecule has 5 nitrogen and oxygen atoms in total. The van der Waals surface area contributed by atoms with Crippen LogP contribution in [0.5, 0.6) is 0 Å². The lowest BCUT2D eigenvalue weighted by Gasteiger charge is -2.34. The van der Waals surface area contributed by atoms with Gasteiger partial charge in [0.15, 0.2) is 0 Å². The molecule has 2 fully saturated rings. The Morgan fingerprint density at radius 1 is 1.04 bits per heavy atom. The maximum atomic E-state index is 12.2. The zero-order chi connectivity index (χ0) is 17.5. The van der Waals surface area contributed by atoms with E-state index in [2.05, 4.69) is 31.0 Å². The van der Waals surface area contributed by atoms with Crippen LogP contribution >= 0.6 is 0 Å². The summed E-state index contributed by atoms with van der Waals surface area (Å²) in [7, 11) is 0. The van der Waals surface area contributed by atoms with Crippen LogP contribution in [0.3, 0.4) is 0 Å². The summed E-state index contributed by atoms with van der Waals surface area (Å²) in [6, 6.07) is 0.567. The number of nitrogens with zero attached hydrogens (tertiary/aromatic N) is 2. The molecule has 0 aliphatic carbocycles. The van der Waals surface area contributed by atoms with Gasteiger partial charge in [-0.05, 0) is 65.0 Å². The molecule has 2 aliphatic rings. The van der Waals surface area contributed by atoms with Crippen molar-refractivity contribution in [3.63, 3.8) is 0 Å². The van der Waals surface area contributed by atoms with E-state index in [9.17, 15) is 9.59 Å². The van der Waals surface area contributed by atoms with Gasteiger partial charge in [0.05, 0.1) is 0 Å². The first-order chi connectivity index (χ1) is 11.5. The highest BCUT2D eigenvalue weighted by Crippen LogP contribution is 2.19. The fourth-order valence-corrected chi connectivity index (χ4v) is 3.69. The summed E-state index contributed by atoms with van der Waals surface area (Å²) in [5.74, 6) is 1.33. The van der Waals surface area contributed by atoms with Gasteiger partial charge >= 0.3 is 0 Å². The standard InChI is InChI=1S/C19H35N3O2/c1-15(2)21-13-8-17(9-14-21)19(24)20-10-4-5-18(23)22-11-6-16(3)7-12-22/h15-17H,4-14H2,1-3H3,(H,20,24). The Bertz CT molecular complexity index is 409. The molecule has 2 heterocycles. The van der Waals surface area contributed by atoms with Crippen LogP contribution in [-0.4, -0.2) is 60.4 Å². The third-order valence-electron chi connectivity index (χ3n) is 5.63. The van der Waals surface area contributed by atoms with Crippen LogP contribution in [0.1, 0.15) is 59.3 Å². The number of carbonyl (C=O) groups excluding carboxylic acids is 2. The highest BCUT2D eigenvalue weighted by molar-refractivity contribution is 5.79. The quantitative estimate of drug-likeness (QED) is 0.757. The summed E-state index contributed by atoms with van der Waals surface area (Å²) in [6.45, 7) is 11.1. The van der Waals surface area contributed by atoms with Gasteiger partial charge in [0.25, 0.3) is 0 Å². The zero-order valence-corrected chi connectivity index (χ0v) is 15.7. The summed E-state index contributed by atoms with van der Waals surface area (Å²) in [5.41, 5.74) is 0. The smallest absolute Gasteiger partial charge is 0.223 e. The summed E-state index contributed by atoms with van der Waals surface area (Å²) in [4.78, 5) is 28.8. The highest BCUT2D eigenvalue weighted by Gasteiger charge is 2.25. The number of carbonyl (C=O) groups is 2. The van der Waals surface area contributed by atoms with E-state index in [0.717, 1.165) is 64.2 Å². The van der Waals surface area contributed by atoms with Crippen LogP contribution in [0.15, 0.2) is 0 Å². The number of nitrogens with one attached hydrogen (secondary N) is 1. The number of piperidine rings is 2. The zero-order valence-electron chi connectivity index (χ0n) is 15.7. The van der Waals surface area contributed by atoms with Gasteiger partial charge in [-0.15, -0.1) is 0 Å². The monoisotopic (exact) mass is 337 g/mol. The number of hydrogen-bond acceptors (Lipinski definition) is 3. The second-order valence-electron chi connectivity index (χ2n) is 7.86. The molecule has 0 saturated carbocycles. The second-order valence-corrected chi connectivity index (χ2v) is 7.86. The van der Waals surface area contributed by atoms with Gasteiger partial charge in [0.1, 0.15) is 0 Å². The fourth-order valence-electron chi connectivity index (χ4n) is 3.69. The fraction of sp³-hybridized carbons (Fsp3) is 0.895. The van der Waals surface area contributed by atoms with Crippen LogP contribution in [0.25, 0.3) is 0 Å². The molecule has 2 rings (SSSR count). The molecule has 2 amide bonds. The van der Waals surface area contributed by atoms with Crippen molar-refractivity contribution < 1.29 is 9.59 Å². The van der Waals surface area contributed by atoms with E-state index in [1.807, 2.05) is 4.90 Å². The molecule has 5 heteroatoms. The molecule has 0 radical (unpaired) electrons. The lowest BCUT2D eigenvalue weighted by Crippen LogP contribution is -2.43. The van der Waals surface area contributed by atoms with Gasteiger partial charge < -0.3 is 15.1 Å². The number of amides is 2. The molecule has 0 aromatic rings. The van der Waals surface area contributed by atoms with Crippen molar-refractivity contribution in [1.82, 2.24) is 15.1 Å². The third-order valence-corrected chi connectivity index (χ3v) is 5.63. The van der Waals surface area contributed by atoms with Crippen LogP contribution in [0.2, 0.25) is 0 Å². The van der Waals surface area contributed by atoms with Gasteiger partial charge in [-0.25, -0.2) is 0 Å². The maximum Gasteiger partial charge on any atom is 0.223 e. The first-order valence-electron chi connectivity index (χ1n) is 9.77. The molecule has 2 aliphatic heterocycles. The van der Waals surface area contributed by atoms with Gasteiger partial charge in [-0.3, -0.25) is 9.59 Å². The number of hydrogen-bond donors (Lipinski definition) is 1. The highest BCUT2D eigenvalue weighted by atomic mass is 16.2. The number of likely N-dealkylation sites (tertiary alicyclic amines) is 2. The average molecular weight is 338 g/mol. The molecule has 0 bridgehead atoms. The van der Waals surface area contributed by atoms with Crippen molar-refractivity contribution in [3.8, 4) is 0 Å². The lowest BCUT2D eigenvalue weighted by molar-refractivity contribution is -0.133.